The number of amides is 1. The minimum atomic E-state index is 0.120. The molecule has 3 heteroatoms. The number of thioether (sulfide) groups is 1. The van der Waals surface area contributed by atoms with Gasteiger partial charge in [0.2, 0.25) is 0 Å². The van der Waals surface area contributed by atoms with E-state index in [4.69, 9.17) is 0 Å². The van der Waals surface area contributed by atoms with Crippen LogP contribution in [0.3, 0.4) is 0 Å². The van der Waals surface area contributed by atoms with E-state index in [1.54, 1.807) is 11.8 Å². The molecular formula is C16H21NOS. The summed E-state index contributed by atoms with van der Waals surface area (Å²) in [5.74, 6) is 2.72. The summed E-state index contributed by atoms with van der Waals surface area (Å²) >= 11 is 1.74. The summed E-state index contributed by atoms with van der Waals surface area (Å²) in [5, 5.41) is 3.27. The maximum atomic E-state index is 12.4. The summed E-state index contributed by atoms with van der Waals surface area (Å²) in [6.45, 7) is 2.12. The van der Waals surface area contributed by atoms with Gasteiger partial charge in [0.1, 0.15) is 0 Å². The van der Waals surface area contributed by atoms with Crippen molar-refractivity contribution in [3.63, 3.8) is 0 Å². The number of nitrogens with one attached hydrogen (secondary N) is 1. The molecule has 1 amide bonds. The van der Waals surface area contributed by atoms with Gasteiger partial charge in [-0.3, -0.25) is 4.79 Å². The second-order valence-electron chi connectivity index (χ2n) is 5.68. The first-order chi connectivity index (χ1) is 9.28. The number of carbonyl (C=O) groups is 1. The summed E-state index contributed by atoms with van der Waals surface area (Å²) in [7, 11) is 0. The van der Waals surface area contributed by atoms with Crippen molar-refractivity contribution in [3.05, 3.63) is 29.8 Å². The molecule has 102 valence electrons. The maximum Gasteiger partial charge on any atom is 0.252 e. The van der Waals surface area contributed by atoms with Crippen molar-refractivity contribution in [1.29, 1.82) is 0 Å². The average Bonchev–Trinajstić information content (AvgIpc) is 3.02. The van der Waals surface area contributed by atoms with Crippen molar-refractivity contribution in [3.8, 4) is 0 Å². The van der Waals surface area contributed by atoms with Gasteiger partial charge in [-0.2, -0.15) is 0 Å². The fourth-order valence-electron chi connectivity index (χ4n) is 3.60. The third-order valence-corrected chi connectivity index (χ3v) is 5.44. The van der Waals surface area contributed by atoms with Crippen LogP contribution in [0.2, 0.25) is 0 Å². The third kappa shape index (κ3) is 2.66. The third-order valence-electron chi connectivity index (χ3n) is 4.49. The van der Waals surface area contributed by atoms with E-state index in [1.165, 1.54) is 25.7 Å². The van der Waals surface area contributed by atoms with E-state index in [1.807, 2.05) is 24.3 Å². The van der Waals surface area contributed by atoms with Crippen LogP contribution >= 0.6 is 11.8 Å². The SMILES string of the molecule is CCSc1ccccc1C(=O)N[C@H]1C[C@H]2CC[C@H]1C2. The van der Waals surface area contributed by atoms with E-state index in [9.17, 15) is 4.79 Å². The number of hydrogen-bond donors (Lipinski definition) is 1. The summed E-state index contributed by atoms with van der Waals surface area (Å²) in [5.41, 5.74) is 0.845. The average molecular weight is 275 g/mol. The second-order valence-corrected chi connectivity index (χ2v) is 6.99. The van der Waals surface area contributed by atoms with E-state index in [-0.39, 0.29) is 5.91 Å². The Labute approximate surface area is 119 Å². The van der Waals surface area contributed by atoms with Crippen LogP contribution in [0.25, 0.3) is 0 Å². The maximum absolute atomic E-state index is 12.4. The molecule has 2 aliphatic carbocycles. The summed E-state index contributed by atoms with van der Waals surface area (Å²) in [4.78, 5) is 13.6. The van der Waals surface area contributed by atoms with Crippen LogP contribution in [0.1, 0.15) is 43.0 Å². The van der Waals surface area contributed by atoms with Crippen LogP contribution in [-0.2, 0) is 0 Å². The van der Waals surface area contributed by atoms with Crippen molar-refractivity contribution in [2.24, 2.45) is 11.8 Å². The van der Waals surface area contributed by atoms with Gasteiger partial charge in [0.15, 0.2) is 0 Å². The van der Waals surface area contributed by atoms with Crippen LogP contribution in [0, 0.1) is 11.8 Å². The molecule has 19 heavy (non-hydrogen) atoms. The number of benzene rings is 1. The highest BCUT2D eigenvalue weighted by Gasteiger charge is 2.40. The van der Waals surface area contributed by atoms with Gasteiger partial charge in [0, 0.05) is 10.9 Å². The minimum Gasteiger partial charge on any atom is -0.349 e. The summed E-state index contributed by atoms with van der Waals surface area (Å²) < 4.78 is 0. The highest BCUT2D eigenvalue weighted by molar-refractivity contribution is 7.99. The predicted octanol–water partition coefficient (Wildman–Crippen LogP) is 3.72. The lowest BCUT2D eigenvalue weighted by Crippen LogP contribution is -2.38. The Balaban J connectivity index is 1.70. The molecule has 0 saturated heterocycles. The first-order valence-electron chi connectivity index (χ1n) is 7.30. The normalized spacial score (nSPS) is 28.6. The van der Waals surface area contributed by atoms with E-state index in [0.29, 0.717) is 6.04 Å². The predicted molar refractivity (Wildman–Crippen MR) is 79.5 cm³/mol. The zero-order valence-electron chi connectivity index (χ0n) is 11.4. The van der Waals surface area contributed by atoms with Gasteiger partial charge in [-0.1, -0.05) is 25.5 Å². The summed E-state index contributed by atoms with van der Waals surface area (Å²) in [6, 6.07) is 8.37. The Hall–Kier alpha value is -0.960. The largest absolute Gasteiger partial charge is 0.349 e. The molecule has 2 saturated carbocycles. The van der Waals surface area contributed by atoms with Crippen molar-refractivity contribution in [1.82, 2.24) is 5.32 Å². The van der Waals surface area contributed by atoms with Crippen LogP contribution in [0.4, 0.5) is 0 Å². The van der Waals surface area contributed by atoms with Gasteiger partial charge in [-0.05, 0) is 49.0 Å². The molecule has 2 bridgehead atoms. The van der Waals surface area contributed by atoms with E-state index < -0.39 is 0 Å². The number of fused-ring (bicyclic) bond motifs is 2. The number of hydrogen-bond acceptors (Lipinski definition) is 2. The fourth-order valence-corrected chi connectivity index (χ4v) is 4.41. The quantitative estimate of drug-likeness (QED) is 0.849. The van der Waals surface area contributed by atoms with Crippen molar-refractivity contribution >= 4 is 17.7 Å². The first-order valence-corrected chi connectivity index (χ1v) is 8.29. The molecule has 0 radical (unpaired) electrons. The van der Waals surface area contributed by atoms with Crippen LogP contribution in [0.15, 0.2) is 29.2 Å². The van der Waals surface area contributed by atoms with Gasteiger partial charge >= 0.3 is 0 Å². The van der Waals surface area contributed by atoms with Crippen LogP contribution < -0.4 is 5.32 Å². The fraction of sp³-hybridized carbons (Fsp3) is 0.562. The van der Waals surface area contributed by atoms with Gasteiger partial charge in [0.05, 0.1) is 5.56 Å². The Morgan fingerprint density at radius 1 is 1.32 bits per heavy atom. The highest BCUT2D eigenvalue weighted by atomic mass is 32.2. The Morgan fingerprint density at radius 2 is 2.16 bits per heavy atom. The Morgan fingerprint density at radius 3 is 2.84 bits per heavy atom. The molecule has 0 spiro atoms. The van der Waals surface area contributed by atoms with Gasteiger partial charge in [-0.15, -0.1) is 11.8 Å². The molecule has 0 aliphatic heterocycles. The minimum absolute atomic E-state index is 0.120. The smallest absolute Gasteiger partial charge is 0.252 e. The standard InChI is InChI=1S/C16H21NOS/c1-2-19-15-6-4-3-5-13(15)16(18)17-14-10-11-7-8-12(14)9-11/h3-6,11-12,14H,2,7-10H2,1H3,(H,17,18)/t11-,12-,14-/m0/s1. The lowest BCUT2D eigenvalue weighted by atomic mass is 9.95. The molecule has 2 aliphatic rings. The van der Waals surface area contributed by atoms with Crippen LogP contribution in [0.5, 0.6) is 0 Å². The molecular weight excluding hydrogens is 254 g/mol. The first kappa shape index (κ1) is 13.0. The highest BCUT2D eigenvalue weighted by Crippen LogP contribution is 2.44. The zero-order chi connectivity index (χ0) is 13.2. The molecule has 0 heterocycles. The van der Waals surface area contributed by atoms with Crippen molar-refractivity contribution in [2.45, 2.75) is 43.5 Å². The van der Waals surface area contributed by atoms with Gasteiger partial charge in [0.25, 0.3) is 5.91 Å². The van der Waals surface area contributed by atoms with Gasteiger partial charge < -0.3 is 5.32 Å². The number of rotatable bonds is 4. The molecule has 2 fully saturated rings. The lowest BCUT2D eigenvalue weighted by molar-refractivity contribution is 0.0920. The monoisotopic (exact) mass is 275 g/mol. The molecule has 1 aromatic carbocycles. The molecule has 1 aromatic rings. The van der Waals surface area contributed by atoms with Crippen LogP contribution in [-0.4, -0.2) is 17.7 Å². The van der Waals surface area contributed by atoms with Crippen molar-refractivity contribution in [2.75, 3.05) is 5.75 Å². The molecule has 0 aromatic heterocycles. The molecule has 1 N–H and O–H groups in total. The second kappa shape index (κ2) is 5.58. The van der Waals surface area contributed by atoms with E-state index in [0.717, 1.165) is 28.0 Å². The van der Waals surface area contributed by atoms with Crippen molar-refractivity contribution < 1.29 is 4.79 Å². The van der Waals surface area contributed by atoms with E-state index >= 15 is 0 Å². The number of carbonyl (C=O) groups excluding carboxylic acids is 1. The zero-order valence-corrected chi connectivity index (χ0v) is 12.2. The Bertz CT molecular complexity index is 474. The molecule has 3 atom stereocenters. The summed E-state index contributed by atoms with van der Waals surface area (Å²) in [6.07, 6.45) is 5.20. The molecule has 0 unspecified atom stereocenters. The van der Waals surface area contributed by atoms with Gasteiger partial charge in [-0.25, -0.2) is 0 Å². The molecule has 2 nitrogen and oxygen atoms in total. The molecule has 3 rings (SSSR count). The Kier molecular flexibility index (Phi) is 3.83. The lowest BCUT2D eigenvalue weighted by Gasteiger charge is -2.23. The van der Waals surface area contributed by atoms with E-state index in [2.05, 4.69) is 12.2 Å². The topological polar surface area (TPSA) is 29.1 Å².